The Morgan fingerprint density at radius 3 is 2.57 bits per heavy atom. The largest absolute Gasteiger partial charge is 0.330 e. The lowest BCUT2D eigenvalue weighted by Gasteiger charge is -2.08. The maximum atomic E-state index is 11.0. The third-order valence-electron chi connectivity index (χ3n) is 1.42. The Hall–Kier alpha value is -0.750. The summed E-state index contributed by atoms with van der Waals surface area (Å²) in [6.07, 6.45) is 0. The number of hydrogen-bond donors (Lipinski definition) is 3. The molecule has 6 heteroatoms. The summed E-state index contributed by atoms with van der Waals surface area (Å²) in [7, 11) is 0. The van der Waals surface area contributed by atoms with Gasteiger partial charge in [-0.25, -0.2) is 0 Å². The molecular weight excluding hydrogens is 202 g/mol. The molecule has 0 radical (unpaired) electrons. The molecule has 0 bridgehead atoms. The first-order valence-electron chi connectivity index (χ1n) is 4.39. The number of thioether (sulfide) groups is 1. The van der Waals surface area contributed by atoms with Crippen LogP contribution < -0.4 is 16.6 Å². The molecule has 0 aliphatic heterocycles. The van der Waals surface area contributed by atoms with Crippen LogP contribution in [-0.2, 0) is 9.59 Å². The first-order chi connectivity index (χ1) is 6.56. The van der Waals surface area contributed by atoms with E-state index in [2.05, 4.69) is 10.9 Å². The molecule has 0 saturated heterocycles. The predicted octanol–water partition coefficient (Wildman–Crippen LogP) is -0.518. The first kappa shape index (κ1) is 13.2. The lowest BCUT2D eigenvalue weighted by Crippen LogP contribution is -2.41. The molecule has 0 rings (SSSR count). The maximum Gasteiger partial charge on any atom is 0.248 e. The van der Waals surface area contributed by atoms with Crippen molar-refractivity contribution in [2.24, 2.45) is 11.7 Å². The fraction of sp³-hybridized carbons (Fsp3) is 0.750. The van der Waals surface area contributed by atoms with Crippen LogP contribution in [0.1, 0.15) is 13.8 Å². The Morgan fingerprint density at radius 2 is 2.07 bits per heavy atom. The van der Waals surface area contributed by atoms with Gasteiger partial charge in [-0.05, 0) is 18.2 Å². The average molecular weight is 219 g/mol. The Kier molecular flexibility index (Phi) is 7.23. The van der Waals surface area contributed by atoms with Gasteiger partial charge < -0.3 is 5.73 Å². The van der Waals surface area contributed by atoms with Crippen molar-refractivity contribution in [2.45, 2.75) is 13.8 Å². The van der Waals surface area contributed by atoms with Gasteiger partial charge >= 0.3 is 0 Å². The molecule has 0 heterocycles. The molecule has 0 spiro atoms. The lowest BCUT2D eigenvalue weighted by atomic mass is 10.2. The van der Waals surface area contributed by atoms with Gasteiger partial charge in [0.25, 0.3) is 0 Å². The van der Waals surface area contributed by atoms with Gasteiger partial charge in [-0.15, -0.1) is 0 Å². The van der Waals surface area contributed by atoms with Gasteiger partial charge in [-0.3, -0.25) is 20.4 Å². The Bertz CT molecular complexity index is 199. The highest BCUT2D eigenvalue weighted by Gasteiger charge is 2.04. The highest BCUT2D eigenvalue weighted by molar-refractivity contribution is 7.99. The summed E-state index contributed by atoms with van der Waals surface area (Å²) in [6.45, 7) is 3.99. The summed E-state index contributed by atoms with van der Waals surface area (Å²) in [5.74, 6) is 1.12. The van der Waals surface area contributed by atoms with Crippen molar-refractivity contribution in [3.8, 4) is 0 Å². The summed E-state index contributed by atoms with van der Waals surface area (Å²) >= 11 is 1.50. The third-order valence-corrected chi connectivity index (χ3v) is 2.69. The molecule has 2 amide bonds. The standard InChI is InChI=1S/C8H17N3O2S/c1-6(3-9)4-14-5-8(13)11-10-7(2)12/h6H,3-5,9H2,1-2H3,(H,10,12)(H,11,13). The zero-order valence-electron chi connectivity index (χ0n) is 8.50. The van der Waals surface area contributed by atoms with Crippen molar-refractivity contribution in [2.75, 3.05) is 18.1 Å². The molecule has 82 valence electrons. The topological polar surface area (TPSA) is 84.2 Å². The SMILES string of the molecule is CC(=O)NNC(=O)CSCC(C)CN. The van der Waals surface area contributed by atoms with Crippen LogP contribution in [0.15, 0.2) is 0 Å². The van der Waals surface area contributed by atoms with E-state index in [1.807, 2.05) is 6.92 Å². The van der Waals surface area contributed by atoms with Crippen molar-refractivity contribution < 1.29 is 9.59 Å². The van der Waals surface area contributed by atoms with Crippen LogP contribution in [0.4, 0.5) is 0 Å². The van der Waals surface area contributed by atoms with E-state index in [-0.39, 0.29) is 11.8 Å². The van der Waals surface area contributed by atoms with Gasteiger partial charge in [0.1, 0.15) is 0 Å². The summed E-state index contributed by atoms with van der Waals surface area (Å²) in [6, 6.07) is 0. The van der Waals surface area contributed by atoms with Gasteiger partial charge in [0.2, 0.25) is 11.8 Å². The number of carbonyl (C=O) groups excluding carboxylic acids is 2. The van der Waals surface area contributed by atoms with Crippen molar-refractivity contribution in [3.05, 3.63) is 0 Å². The summed E-state index contributed by atoms with van der Waals surface area (Å²) < 4.78 is 0. The molecule has 0 aromatic heterocycles. The van der Waals surface area contributed by atoms with Gasteiger partial charge in [0, 0.05) is 6.92 Å². The van der Waals surface area contributed by atoms with Gasteiger partial charge in [0.05, 0.1) is 5.75 Å². The average Bonchev–Trinajstić information content (AvgIpc) is 2.14. The number of amides is 2. The minimum atomic E-state index is -0.279. The second-order valence-corrected chi connectivity index (χ2v) is 4.12. The molecule has 1 atom stereocenters. The van der Waals surface area contributed by atoms with Crippen LogP contribution in [0, 0.1) is 5.92 Å². The second-order valence-electron chi connectivity index (χ2n) is 3.09. The molecule has 1 unspecified atom stereocenters. The van der Waals surface area contributed by atoms with E-state index in [0.29, 0.717) is 18.2 Å². The Labute approximate surface area is 88.1 Å². The molecule has 0 aliphatic rings. The van der Waals surface area contributed by atoms with Gasteiger partial charge in [0.15, 0.2) is 0 Å². The van der Waals surface area contributed by atoms with E-state index in [1.54, 1.807) is 0 Å². The molecule has 14 heavy (non-hydrogen) atoms. The molecule has 0 aromatic carbocycles. The van der Waals surface area contributed by atoms with Crippen LogP contribution in [0.5, 0.6) is 0 Å². The smallest absolute Gasteiger partial charge is 0.248 e. The van der Waals surface area contributed by atoms with E-state index in [0.717, 1.165) is 5.75 Å². The van der Waals surface area contributed by atoms with Crippen molar-refractivity contribution >= 4 is 23.6 Å². The molecular formula is C8H17N3O2S. The van der Waals surface area contributed by atoms with Crippen LogP contribution in [-0.4, -0.2) is 29.9 Å². The molecule has 0 saturated carbocycles. The highest BCUT2D eigenvalue weighted by atomic mass is 32.2. The summed E-state index contributed by atoms with van der Waals surface area (Å²) in [5, 5.41) is 0. The van der Waals surface area contributed by atoms with E-state index in [9.17, 15) is 9.59 Å². The number of hydrazine groups is 1. The molecule has 5 nitrogen and oxygen atoms in total. The Balaban J connectivity index is 3.40. The minimum Gasteiger partial charge on any atom is -0.330 e. The van der Waals surface area contributed by atoms with Crippen LogP contribution in [0.2, 0.25) is 0 Å². The second kappa shape index (κ2) is 7.64. The maximum absolute atomic E-state index is 11.0. The van der Waals surface area contributed by atoms with Gasteiger partial charge in [-0.2, -0.15) is 11.8 Å². The fourth-order valence-electron chi connectivity index (χ4n) is 0.615. The van der Waals surface area contributed by atoms with Crippen LogP contribution >= 0.6 is 11.8 Å². The first-order valence-corrected chi connectivity index (χ1v) is 5.55. The predicted molar refractivity (Wildman–Crippen MR) is 57.5 cm³/mol. The van der Waals surface area contributed by atoms with Gasteiger partial charge in [-0.1, -0.05) is 6.92 Å². The zero-order chi connectivity index (χ0) is 11.0. The van der Waals surface area contributed by atoms with E-state index >= 15 is 0 Å². The molecule has 0 aromatic rings. The van der Waals surface area contributed by atoms with Crippen molar-refractivity contribution in [3.63, 3.8) is 0 Å². The summed E-state index contributed by atoms with van der Waals surface area (Å²) in [4.78, 5) is 21.5. The fourth-order valence-corrected chi connectivity index (χ4v) is 1.53. The molecule has 4 N–H and O–H groups in total. The Morgan fingerprint density at radius 1 is 1.43 bits per heavy atom. The zero-order valence-corrected chi connectivity index (χ0v) is 9.32. The number of nitrogens with two attached hydrogens (primary N) is 1. The molecule has 0 fully saturated rings. The van der Waals surface area contributed by atoms with Crippen LogP contribution in [0.25, 0.3) is 0 Å². The van der Waals surface area contributed by atoms with E-state index in [1.165, 1.54) is 18.7 Å². The lowest BCUT2D eigenvalue weighted by molar-refractivity contribution is -0.126. The number of nitrogens with one attached hydrogen (secondary N) is 2. The van der Waals surface area contributed by atoms with E-state index in [4.69, 9.17) is 5.73 Å². The summed E-state index contributed by atoms with van der Waals surface area (Å²) in [5.41, 5.74) is 9.92. The number of carbonyl (C=O) groups is 2. The van der Waals surface area contributed by atoms with Crippen molar-refractivity contribution in [1.82, 2.24) is 10.9 Å². The van der Waals surface area contributed by atoms with Crippen molar-refractivity contribution in [1.29, 1.82) is 0 Å². The van der Waals surface area contributed by atoms with Crippen LogP contribution in [0.3, 0.4) is 0 Å². The normalized spacial score (nSPS) is 11.9. The monoisotopic (exact) mass is 219 g/mol. The quantitative estimate of drug-likeness (QED) is 0.543. The third kappa shape index (κ3) is 7.88. The van der Waals surface area contributed by atoms with E-state index < -0.39 is 0 Å². The minimum absolute atomic E-state index is 0.200. The number of rotatable bonds is 5. The highest BCUT2D eigenvalue weighted by Crippen LogP contribution is 2.05. The molecule has 0 aliphatic carbocycles. The number of hydrogen-bond acceptors (Lipinski definition) is 4.